The van der Waals surface area contributed by atoms with Crippen molar-refractivity contribution >= 4 is 16.9 Å². The van der Waals surface area contributed by atoms with Crippen molar-refractivity contribution in [2.75, 3.05) is 0 Å². The second-order valence-corrected chi connectivity index (χ2v) is 5.54. The summed E-state index contributed by atoms with van der Waals surface area (Å²) < 4.78 is 5.29. The predicted octanol–water partition coefficient (Wildman–Crippen LogP) is 1.28. The monoisotopic (exact) mass is 301 g/mol. The molecule has 1 aromatic carbocycles. The Kier molecular flexibility index (Phi) is 3.09. The van der Waals surface area contributed by atoms with Gasteiger partial charge in [-0.05, 0) is 26.0 Å². The third-order valence-corrected chi connectivity index (χ3v) is 3.26. The highest BCUT2D eigenvalue weighted by atomic mass is 16.5. The van der Waals surface area contributed by atoms with E-state index in [1.807, 2.05) is 0 Å². The molecule has 3 aromatic rings. The first-order chi connectivity index (χ1) is 10.4. The van der Waals surface area contributed by atoms with Gasteiger partial charge < -0.3 is 19.8 Å². The maximum Gasteiger partial charge on any atom is 0.323 e. The van der Waals surface area contributed by atoms with E-state index in [0.29, 0.717) is 22.4 Å². The first-order valence-electron chi connectivity index (χ1n) is 6.71. The number of aromatic nitrogens is 4. The number of H-pyrrole nitrogens is 2. The van der Waals surface area contributed by atoms with E-state index >= 15 is 0 Å². The highest BCUT2D eigenvalue weighted by Crippen LogP contribution is 2.26. The first-order valence-corrected chi connectivity index (χ1v) is 6.71. The van der Waals surface area contributed by atoms with Crippen LogP contribution < -0.4 is 11.0 Å². The molecule has 0 unspecified atom stereocenters. The van der Waals surface area contributed by atoms with E-state index in [0.717, 1.165) is 0 Å². The van der Waals surface area contributed by atoms with E-state index in [9.17, 15) is 9.59 Å². The molecule has 0 radical (unpaired) electrons. The van der Waals surface area contributed by atoms with Gasteiger partial charge >= 0.3 is 5.69 Å². The molecule has 0 atom stereocenters. The highest BCUT2D eigenvalue weighted by molar-refractivity contribution is 5.89. The number of amides is 1. The topological polar surface area (TPSA) is 117 Å². The van der Waals surface area contributed by atoms with Gasteiger partial charge in [-0.15, -0.1) is 0 Å². The Bertz CT molecular complexity index is 902. The Balaban J connectivity index is 2.06. The van der Waals surface area contributed by atoms with Crippen LogP contribution in [0.25, 0.3) is 22.5 Å². The average Bonchev–Trinajstić information content (AvgIpc) is 3.01. The molecule has 0 saturated carbocycles. The zero-order valence-corrected chi connectivity index (χ0v) is 12.4. The van der Waals surface area contributed by atoms with Gasteiger partial charge in [0.2, 0.25) is 5.91 Å². The summed E-state index contributed by atoms with van der Waals surface area (Å²) in [4.78, 5) is 32.4. The lowest BCUT2D eigenvalue weighted by molar-refractivity contribution is -0.120. The van der Waals surface area contributed by atoms with Crippen LogP contribution in [0.4, 0.5) is 0 Å². The van der Waals surface area contributed by atoms with Crippen LogP contribution in [0.3, 0.4) is 0 Å². The second-order valence-electron chi connectivity index (χ2n) is 5.54. The van der Waals surface area contributed by atoms with Crippen molar-refractivity contribution in [1.82, 2.24) is 25.4 Å². The van der Waals surface area contributed by atoms with Gasteiger partial charge in [0.1, 0.15) is 0 Å². The van der Waals surface area contributed by atoms with Crippen molar-refractivity contribution in [2.24, 2.45) is 0 Å². The van der Waals surface area contributed by atoms with E-state index < -0.39 is 5.54 Å². The Morgan fingerprint density at radius 3 is 2.82 bits per heavy atom. The molecular formula is C14H15N5O3. The Morgan fingerprint density at radius 2 is 2.09 bits per heavy atom. The number of aromatic amines is 2. The van der Waals surface area contributed by atoms with E-state index in [4.69, 9.17) is 4.52 Å². The van der Waals surface area contributed by atoms with E-state index in [1.54, 1.807) is 32.0 Å². The zero-order valence-electron chi connectivity index (χ0n) is 12.4. The number of hydrogen-bond donors (Lipinski definition) is 3. The molecule has 3 N–H and O–H groups in total. The smallest absolute Gasteiger partial charge is 0.323 e. The summed E-state index contributed by atoms with van der Waals surface area (Å²) in [6, 6.07) is 5.33. The summed E-state index contributed by atoms with van der Waals surface area (Å²) in [6.07, 6.45) is 0. The lowest BCUT2D eigenvalue weighted by atomic mass is 10.1. The Hall–Kier alpha value is -2.90. The molecule has 0 bridgehead atoms. The molecule has 22 heavy (non-hydrogen) atoms. The maximum absolute atomic E-state index is 11.4. The van der Waals surface area contributed by atoms with Crippen LogP contribution in [0.15, 0.2) is 27.5 Å². The van der Waals surface area contributed by atoms with Gasteiger partial charge in [0, 0.05) is 6.92 Å². The van der Waals surface area contributed by atoms with Gasteiger partial charge in [-0.3, -0.25) is 4.79 Å². The lowest BCUT2D eigenvalue weighted by Crippen LogP contribution is -2.40. The van der Waals surface area contributed by atoms with Gasteiger partial charge in [0.25, 0.3) is 5.89 Å². The predicted molar refractivity (Wildman–Crippen MR) is 79.1 cm³/mol. The molecule has 0 aliphatic carbocycles. The van der Waals surface area contributed by atoms with Crippen LogP contribution in [0.2, 0.25) is 0 Å². The molecule has 1 amide bonds. The number of hydrogen-bond acceptors (Lipinski definition) is 5. The number of carbonyl (C=O) groups is 1. The fourth-order valence-corrected chi connectivity index (χ4v) is 2.32. The SMILES string of the molecule is CC(=O)NC(C)(C)c1noc(-c2cccc3[nH]c(=O)[nH]c23)n1. The molecule has 0 aliphatic rings. The van der Waals surface area contributed by atoms with Gasteiger partial charge in [0.15, 0.2) is 5.82 Å². The van der Waals surface area contributed by atoms with Crippen molar-refractivity contribution in [3.8, 4) is 11.5 Å². The second kappa shape index (κ2) is 4.83. The number of rotatable bonds is 3. The molecule has 2 aromatic heterocycles. The Labute approximate surface area is 124 Å². The number of nitrogens with one attached hydrogen (secondary N) is 3. The number of benzene rings is 1. The van der Waals surface area contributed by atoms with E-state index in [1.165, 1.54) is 6.92 Å². The van der Waals surface area contributed by atoms with Crippen molar-refractivity contribution < 1.29 is 9.32 Å². The molecule has 3 rings (SSSR count). The third-order valence-electron chi connectivity index (χ3n) is 3.26. The summed E-state index contributed by atoms with van der Waals surface area (Å²) in [5.41, 5.74) is 0.810. The highest BCUT2D eigenvalue weighted by Gasteiger charge is 2.28. The fraction of sp³-hybridized carbons (Fsp3) is 0.286. The molecule has 0 fully saturated rings. The average molecular weight is 301 g/mol. The van der Waals surface area contributed by atoms with Crippen LogP contribution in [0, 0.1) is 0 Å². The minimum atomic E-state index is -0.757. The van der Waals surface area contributed by atoms with E-state index in [-0.39, 0.29) is 17.5 Å². The molecule has 8 nitrogen and oxygen atoms in total. The quantitative estimate of drug-likeness (QED) is 0.673. The maximum atomic E-state index is 11.4. The van der Waals surface area contributed by atoms with Crippen LogP contribution >= 0.6 is 0 Å². The van der Waals surface area contributed by atoms with Gasteiger partial charge in [-0.25, -0.2) is 4.79 Å². The molecule has 8 heteroatoms. The van der Waals surface area contributed by atoms with Crippen LogP contribution in [-0.4, -0.2) is 26.0 Å². The number of imidazole rings is 1. The van der Waals surface area contributed by atoms with Crippen LogP contribution in [0.5, 0.6) is 0 Å². The minimum absolute atomic E-state index is 0.187. The van der Waals surface area contributed by atoms with Crippen molar-refractivity contribution in [3.63, 3.8) is 0 Å². The number of nitrogens with zero attached hydrogens (tertiary/aromatic N) is 2. The molecule has 0 saturated heterocycles. The molecular weight excluding hydrogens is 286 g/mol. The minimum Gasteiger partial charge on any atom is -0.344 e. The molecule has 114 valence electrons. The molecule has 0 aliphatic heterocycles. The standard InChI is InChI=1S/C14H15N5O3/c1-7(20)18-14(2,3)12-17-11(22-19-12)8-5-4-6-9-10(8)16-13(21)15-9/h4-6H,1-3H3,(H,18,20)(H2,15,16,21). The summed E-state index contributed by atoms with van der Waals surface area (Å²) in [7, 11) is 0. The van der Waals surface area contributed by atoms with Gasteiger partial charge in [0.05, 0.1) is 22.1 Å². The first kappa shape index (κ1) is 14.1. The lowest BCUT2D eigenvalue weighted by Gasteiger charge is -2.20. The summed E-state index contributed by atoms with van der Waals surface area (Å²) in [5.74, 6) is 0.440. The zero-order chi connectivity index (χ0) is 15.9. The Morgan fingerprint density at radius 1 is 1.32 bits per heavy atom. The normalized spacial score (nSPS) is 11.8. The molecule has 2 heterocycles. The number of para-hydroxylation sites is 1. The third kappa shape index (κ3) is 2.39. The number of carbonyl (C=O) groups excluding carboxylic acids is 1. The summed E-state index contributed by atoms with van der Waals surface area (Å²) in [6.45, 7) is 4.98. The number of fused-ring (bicyclic) bond motifs is 1. The van der Waals surface area contributed by atoms with Crippen LogP contribution in [0.1, 0.15) is 26.6 Å². The largest absolute Gasteiger partial charge is 0.344 e. The van der Waals surface area contributed by atoms with Crippen molar-refractivity contribution in [2.45, 2.75) is 26.3 Å². The molecule has 0 spiro atoms. The van der Waals surface area contributed by atoms with Crippen LogP contribution in [-0.2, 0) is 10.3 Å². The summed E-state index contributed by atoms with van der Waals surface area (Å²) in [5, 5.41) is 6.68. The fourth-order valence-electron chi connectivity index (χ4n) is 2.32. The van der Waals surface area contributed by atoms with Gasteiger partial charge in [-0.1, -0.05) is 11.2 Å². The van der Waals surface area contributed by atoms with Crippen molar-refractivity contribution in [1.29, 1.82) is 0 Å². The summed E-state index contributed by atoms with van der Waals surface area (Å²) >= 11 is 0. The van der Waals surface area contributed by atoms with Gasteiger partial charge in [-0.2, -0.15) is 4.98 Å². The van der Waals surface area contributed by atoms with E-state index in [2.05, 4.69) is 25.4 Å². The van der Waals surface area contributed by atoms with Crippen molar-refractivity contribution in [3.05, 3.63) is 34.5 Å².